The standard InChI is InChI=1S/C14H22O3/c1-2-3-4-11-5-7-14(8-6-11)9-12(15)17-13(16)10-14/h11H,2-10H2,1H3. The number of esters is 2. The molecule has 1 heterocycles. The Balaban J connectivity index is 1.88. The maximum Gasteiger partial charge on any atom is 0.314 e. The molecule has 0 aromatic carbocycles. The van der Waals surface area contributed by atoms with Crippen molar-refractivity contribution < 1.29 is 14.3 Å². The Morgan fingerprint density at radius 2 is 1.76 bits per heavy atom. The second kappa shape index (κ2) is 5.19. The minimum atomic E-state index is -0.312. The molecule has 0 aromatic rings. The molecule has 1 aliphatic carbocycles. The van der Waals surface area contributed by atoms with Gasteiger partial charge in [-0.15, -0.1) is 0 Å². The molecule has 96 valence electrons. The maximum absolute atomic E-state index is 11.4. The molecule has 1 aliphatic heterocycles. The van der Waals surface area contributed by atoms with Crippen molar-refractivity contribution in [1.82, 2.24) is 0 Å². The number of cyclic esters (lactones) is 2. The summed E-state index contributed by atoms with van der Waals surface area (Å²) in [7, 11) is 0. The topological polar surface area (TPSA) is 43.4 Å². The van der Waals surface area contributed by atoms with Crippen LogP contribution in [0.2, 0.25) is 0 Å². The number of ether oxygens (including phenoxy) is 1. The van der Waals surface area contributed by atoms with Crippen LogP contribution in [0.25, 0.3) is 0 Å². The van der Waals surface area contributed by atoms with Crippen molar-refractivity contribution in [2.24, 2.45) is 11.3 Å². The number of hydrogen-bond donors (Lipinski definition) is 0. The van der Waals surface area contributed by atoms with Crippen LogP contribution in [0.5, 0.6) is 0 Å². The van der Waals surface area contributed by atoms with Gasteiger partial charge in [0.2, 0.25) is 0 Å². The predicted octanol–water partition coefficient (Wildman–Crippen LogP) is 3.22. The second-order valence-electron chi connectivity index (χ2n) is 5.79. The normalized spacial score (nSPS) is 25.0. The molecule has 1 saturated carbocycles. The van der Waals surface area contributed by atoms with Crippen LogP contribution in [-0.4, -0.2) is 11.9 Å². The Morgan fingerprint density at radius 1 is 1.18 bits per heavy atom. The molecule has 17 heavy (non-hydrogen) atoms. The van der Waals surface area contributed by atoms with E-state index < -0.39 is 0 Å². The lowest BCUT2D eigenvalue weighted by Gasteiger charge is -2.40. The van der Waals surface area contributed by atoms with Gasteiger partial charge in [0.1, 0.15) is 0 Å². The van der Waals surface area contributed by atoms with Crippen LogP contribution >= 0.6 is 0 Å². The van der Waals surface area contributed by atoms with Crippen LogP contribution < -0.4 is 0 Å². The largest absolute Gasteiger partial charge is 0.393 e. The van der Waals surface area contributed by atoms with Gasteiger partial charge in [0.05, 0.1) is 12.8 Å². The second-order valence-corrected chi connectivity index (χ2v) is 5.79. The molecule has 2 fully saturated rings. The van der Waals surface area contributed by atoms with Crippen molar-refractivity contribution >= 4 is 11.9 Å². The van der Waals surface area contributed by atoms with E-state index in [4.69, 9.17) is 0 Å². The number of carbonyl (C=O) groups is 2. The van der Waals surface area contributed by atoms with E-state index in [1.54, 1.807) is 0 Å². The van der Waals surface area contributed by atoms with Gasteiger partial charge >= 0.3 is 11.9 Å². The summed E-state index contributed by atoms with van der Waals surface area (Å²) >= 11 is 0. The van der Waals surface area contributed by atoms with Crippen LogP contribution in [0, 0.1) is 11.3 Å². The van der Waals surface area contributed by atoms with Crippen LogP contribution in [-0.2, 0) is 14.3 Å². The van der Waals surface area contributed by atoms with Gasteiger partial charge in [0.15, 0.2) is 0 Å². The summed E-state index contributed by atoms with van der Waals surface area (Å²) in [5.74, 6) is 0.190. The molecule has 0 aromatic heterocycles. The maximum atomic E-state index is 11.4. The molecule has 0 amide bonds. The molecule has 3 nitrogen and oxygen atoms in total. The lowest BCUT2D eigenvalue weighted by molar-refractivity contribution is -0.170. The highest BCUT2D eigenvalue weighted by molar-refractivity contribution is 5.89. The van der Waals surface area contributed by atoms with Gasteiger partial charge in [-0.3, -0.25) is 9.59 Å². The van der Waals surface area contributed by atoms with Crippen LogP contribution in [0.1, 0.15) is 64.7 Å². The third-order valence-corrected chi connectivity index (χ3v) is 4.40. The Morgan fingerprint density at radius 3 is 2.29 bits per heavy atom. The first-order chi connectivity index (χ1) is 8.13. The first-order valence-corrected chi connectivity index (χ1v) is 6.87. The zero-order valence-electron chi connectivity index (χ0n) is 10.7. The SMILES string of the molecule is CCCCC1CCC2(CC1)CC(=O)OC(=O)C2. The van der Waals surface area contributed by atoms with Crippen molar-refractivity contribution in [1.29, 1.82) is 0 Å². The molecule has 0 bridgehead atoms. The minimum Gasteiger partial charge on any atom is -0.393 e. The van der Waals surface area contributed by atoms with Crippen molar-refractivity contribution in [3.63, 3.8) is 0 Å². The zero-order valence-corrected chi connectivity index (χ0v) is 10.7. The Labute approximate surface area is 103 Å². The molecule has 0 atom stereocenters. The summed E-state index contributed by atoms with van der Waals surface area (Å²) in [5.41, 5.74) is -0.0465. The third-order valence-electron chi connectivity index (χ3n) is 4.40. The Kier molecular flexibility index (Phi) is 3.85. The number of unbranched alkanes of at least 4 members (excludes halogenated alkanes) is 1. The fraction of sp³-hybridized carbons (Fsp3) is 0.857. The molecule has 2 rings (SSSR count). The highest BCUT2D eigenvalue weighted by Gasteiger charge is 2.43. The van der Waals surface area contributed by atoms with Gasteiger partial charge in [-0.25, -0.2) is 0 Å². The highest BCUT2D eigenvalue weighted by atomic mass is 16.6. The van der Waals surface area contributed by atoms with E-state index in [1.807, 2.05) is 0 Å². The van der Waals surface area contributed by atoms with E-state index in [9.17, 15) is 9.59 Å². The molecule has 0 N–H and O–H groups in total. The average Bonchev–Trinajstić information content (AvgIpc) is 2.27. The fourth-order valence-corrected chi connectivity index (χ4v) is 3.30. The smallest absolute Gasteiger partial charge is 0.314 e. The molecular weight excluding hydrogens is 216 g/mol. The summed E-state index contributed by atoms with van der Waals surface area (Å²) in [6.45, 7) is 2.22. The van der Waals surface area contributed by atoms with E-state index in [0.29, 0.717) is 12.8 Å². The number of carbonyl (C=O) groups excluding carboxylic acids is 2. The molecule has 1 spiro atoms. The lowest BCUT2D eigenvalue weighted by atomic mass is 9.65. The van der Waals surface area contributed by atoms with Crippen molar-refractivity contribution in [3.05, 3.63) is 0 Å². The van der Waals surface area contributed by atoms with Crippen LogP contribution in [0.15, 0.2) is 0 Å². The van der Waals surface area contributed by atoms with Gasteiger partial charge in [-0.2, -0.15) is 0 Å². The average molecular weight is 238 g/mol. The van der Waals surface area contributed by atoms with Gasteiger partial charge in [0, 0.05) is 0 Å². The first-order valence-electron chi connectivity index (χ1n) is 6.87. The van der Waals surface area contributed by atoms with Crippen LogP contribution in [0.3, 0.4) is 0 Å². The van der Waals surface area contributed by atoms with Gasteiger partial charge in [-0.05, 0) is 37.0 Å². The molecule has 3 heteroatoms. The predicted molar refractivity (Wildman–Crippen MR) is 64.2 cm³/mol. The summed E-state index contributed by atoms with van der Waals surface area (Å²) < 4.78 is 4.63. The summed E-state index contributed by atoms with van der Waals surface area (Å²) in [5, 5.41) is 0. The molecule has 2 aliphatic rings. The quantitative estimate of drug-likeness (QED) is 0.560. The van der Waals surface area contributed by atoms with E-state index in [0.717, 1.165) is 18.8 Å². The van der Waals surface area contributed by atoms with Gasteiger partial charge in [0.25, 0.3) is 0 Å². The Bertz CT molecular complexity index is 283. The Hall–Kier alpha value is -0.860. The number of rotatable bonds is 3. The summed E-state index contributed by atoms with van der Waals surface area (Å²) in [6.07, 6.45) is 9.21. The van der Waals surface area contributed by atoms with Crippen molar-refractivity contribution in [3.8, 4) is 0 Å². The minimum absolute atomic E-state index is 0.0465. The molecule has 1 saturated heterocycles. The van der Waals surface area contributed by atoms with E-state index in [2.05, 4.69) is 11.7 Å². The van der Waals surface area contributed by atoms with Gasteiger partial charge < -0.3 is 4.74 Å². The monoisotopic (exact) mass is 238 g/mol. The van der Waals surface area contributed by atoms with Crippen molar-refractivity contribution in [2.45, 2.75) is 64.7 Å². The molecular formula is C14H22O3. The number of hydrogen-bond acceptors (Lipinski definition) is 3. The van der Waals surface area contributed by atoms with Crippen molar-refractivity contribution in [2.75, 3.05) is 0 Å². The van der Waals surface area contributed by atoms with Crippen LogP contribution in [0.4, 0.5) is 0 Å². The fourth-order valence-electron chi connectivity index (χ4n) is 3.30. The summed E-state index contributed by atoms with van der Waals surface area (Å²) in [4.78, 5) is 22.7. The van der Waals surface area contributed by atoms with E-state index >= 15 is 0 Å². The molecule has 0 radical (unpaired) electrons. The zero-order chi connectivity index (χ0) is 12.3. The lowest BCUT2D eigenvalue weighted by Crippen LogP contribution is -2.38. The molecule has 0 unspecified atom stereocenters. The van der Waals surface area contributed by atoms with E-state index in [1.165, 1.54) is 32.1 Å². The summed E-state index contributed by atoms with van der Waals surface area (Å²) in [6, 6.07) is 0. The highest BCUT2D eigenvalue weighted by Crippen LogP contribution is 2.47. The van der Waals surface area contributed by atoms with Gasteiger partial charge in [-0.1, -0.05) is 26.2 Å². The van der Waals surface area contributed by atoms with E-state index in [-0.39, 0.29) is 17.4 Å². The first kappa shape index (κ1) is 12.6. The third kappa shape index (κ3) is 3.08.